The smallest absolute Gasteiger partial charge is 0.255 e. The highest BCUT2D eigenvalue weighted by Crippen LogP contribution is 2.12. The van der Waals surface area contributed by atoms with Gasteiger partial charge in [0.25, 0.3) is 6.43 Å². The zero-order chi connectivity index (χ0) is 9.56. The van der Waals surface area contributed by atoms with E-state index in [0.717, 1.165) is 12.8 Å². The molecule has 0 saturated heterocycles. The van der Waals surface area contributed by atoms with Crippen molar-refractivity contribution >= 4 is 0 Å². The van der Waals surface area contributed by atoms with Gasteiger partial charge in [0.15, 0.2) is 0 Å². The Kier molecular flexibility index (Phi) is 6.20. The van der Waals surface area contributed by atoms with Crippen molar-refractivity contribution in [1.82, 2.24) is 5.43 Å². The lowest BCUT2D eigenvalue weighted by atomic mass is 10.0. The fourth-order valence-corrected chi connectivity index (χ4v) is 1.03. The molecular weight excluding hydrogens is 162 g/mol. The monoisotopic (exact) mass is 180 g/mol. The largest absolute Gasteiger partial charge is 0.271 e. The summed E-state index contributed by atoms with van der Waals surface area (Å²) in [5.41, 5.74) is 2.13. The van der Waals surface area contributed by atoms with Gasteiger partial charge in [-0.15, -0.1) is 0 Å². The summed E-state index contributed by atoms with van der Waals surface area (Å²) in [7, 11) is 0. The van der Waals surface area contributed by atoms with Gasteiger partial charge in [-0.3, -0.25) is 11.3 Å². The van der Waals surface area contributed by atoms with E-state index >= 15 is 0 Å². The van der Waals surface area contributed by atoms with E-state index in [2.05, 4.69) is 19.3 Å². The van der Waals surface area contributed by atoms with E-state index in [4.69, 9.17) is 5.84 Å². The third kappa shape index (κ3) is 5.43. The average Bonchev–Trinajstić information content (AvgIpc) is 1.96. The second-order valence-corrected chi connectivity index (χ2v) is 3.43. The topological polar surface area (TPSA) is 38.0 Å². The summed E-state index contributed by atoms with van der Waals surface area (Å²) in [6.45, 7) is 4.15. The molecule has 1 unspecified atom stereocenters. The van der Waals surface area contributed by atoms with E-state index in [0.29, 0.717) is 12.3 Å². The first-order chi connectivity index (χ1) is 5.57. The SMILES string of the molecule is CC(C)CCCC(NN)C(F)F. The molecule has 0 spiro atoms. The summed E-state index contributed by atoms with van der Waals surface area (Å²) >= 11 is 0. The second-order valence-electron chi connectivity index (χ2n) is 3.43. The average molecular weight is 180 g/mol. The predicted molar refractivity (Wildman–Crippen MR) is 45.8 cm³/mol. The van der Waals surface area contributed by atoms with Gasteiger partial charge in [0, 0.05) is 0 Å². The van der Waals surface area contributed by atoms with Gasteiger partial charge in [-0.2, -0.15) is 0 Å². The Balaban J connectivity index is 3.45. The maximum Gasteiger partial charge on any atom is 0.255 e. The van der Waals surface area contributed by atoms with E-state index in [-0.39, 0.29) is 0 Å². The normalized spacial score (nSPS) is 14.2. The van der Waals surface area contributed by atoms with Gasteiger partial charge >= 0.3 is 0 Å². The molecule has 0 aromatic carbocycles. The number of hydrogen-bond acceptors (Lipinski definition) is 2. The Morgan fingerprint density at radius 1 is 1.25 bits per heavy atom. The summed E-state index contributed by atoms with van der Waals surface area (Å²) in [5.74, 6) is 5.53. The predicted octanol–water partition coefficient (Wildman–Crippen LogP) is 1.91. The van der Waals surface area contributed by atoms with Gasteiger partial charge in [0.2, 0.25) is 0 Å². The van der Waals surface area contributed by atoms with Crippen LogP contribution in [0.2, 0.25) is 0 Å². The van der Waals surface area contributed by atoms with Crippen molar-refractivity contribution in [2.75, 3.05) is 0 Å². The first-order valence-corrected chi connectivity index (χ1v) is 4.32. The number of halogens is 2. The van der Waals surface area contributed by atoms with Crippen molar-refractivity contribution < 1.29 is 8.78 Å². The van der Waals surface area contributed by atoms with Crippen molar-refractivity contribution in [2.45, 2.75) is 45.6 Å². The van der Waals surface area contributed by atoms with Crippen LogP contribution in [0.1, 0.15) is 33.1 Å². The van der Waals surface area contributed by atoms with Gasteiger partial charge in [-0.05, 0) is 12.3 Å². The van der Waals surface area contributed by atoms with Crippen LogP contribution in [0.5, 0.6) is 0 Å². The van der Waals surface area contributed by atoms with E-state index in [1.165, 1.54) is 0 Å². The lowest BCUT2D eigenvalue weighted by Gasteiger charge is -2.14. The van der Waals surface area contributed by atoms with Crippen LogP contribution >= 0.6 is 0 Å². The molecular formula is C8H18F2N2. The molecule has 0 amide bonds. The van der Waals surface area contributed by atoms with Crippen LogP contribution in [0.3, 0.4) is 0 Å². The molecule has 2 nitrogen and oxygen atoms in total. The number of nitrogens with two attached hydrogens (primary N) is 1. The highest BCUT2D eigenvalue weighted by atomic mass is 19.3. The summed E-state index contributed by atoms with van der Waals surface area (Å²) in [5, 5.41) is 0. The Hall–Kier alpha value is -0.220. The Morgan fingerprint density at radius 3 is 2.17 bits per heavy atom. The van der Waals surface area contributed by atoms with Crippen molar-refractivity contribution in [2.24, 2.45) is 11.8 Å². The zero-order valence-corrected chi connectivity index (χ0v) is 7.69. The maximum atomic E-state index is 12.1. The lowest BCUT2D eigenvalue weighted by molar-refractivity contribution is 0.0925. The van der Waals surface area contributed by atoms with Gasteiger partial charge in [-0.25, -0.2) is 8.78 Å². The van der Waals surface area contributed by atoms with Crippen LogP contribution in [0.15, 0.2) is 0 Å². The van der Waals surface area contributed by atoms with Crippen molar-refractivity contribution in [3.8, 4) is 0 Å². The molecule has 0 saturated carbocycles. The van der Waals surface area contributed by atoms with Crippen LogP contribution in [-0.2, 0) is 0 Å². The van der Waals surface area contributed by atoms with E-state index in [9.17, 15) is 8.78 Å². The summed E-state index contributed by atoms with van der Waals surface area (Å²) in [6, 6.07) is -0.844. The Labute approximate surface area is 72.5 Å². The number of hydrazine groups is 1. The van der Waals surface area contributed by atoms with Crippen LogP contribution in [0.25, 0.3) is 0 Å². The highest BCUT2D eigenvalue weighted by molar-refractivity contribution is 4.66. The molecule has 0 fully saturated rings. The summed E-state index contributed by atoms with van der Waals surface area (Å²) in [6.07, 6.45) is -0.129. The number of alkyl halides is 2. The lowest BCUT2D eigenvalue weighted by Crippen LogP contribution is -2.40. The number of rotatable bonds is 6. The van der Waals surface area contributed by atoms with Gasteiger partial charge in [0.05, 0.1) is 6.04 Å². The van der Waals surface area contributed by atoms with Gasteiger partial charge in [0.1, 0.15) is 0 Å². The first-order valence-electron chi connectivity index (χ1n) is 4.32. The van der Waals surface area contributed by atoms with Gasteiger partial charge < -0.3 is 0 Å². The zero-order valence-electron chi connectivity index (χ0n) is 7.69. The third-order valence-corrected chi connectivity index (χ3v) is 1.81. The molecule has 0 radical (unpaired) electrons. The Bertz CT molecular complexity index is 107. The van der Waals surface area contributed by atoms with Crippen LogP contribution in [0, 0.1) is 5.92 Å². The molecule has 0 aliphatic carbocycles. The Morgan fingerprint density at radius 2 is 1.83 bits per heavy atom. The molecule has 1 atom stereocenters. The third-order valence-electron chi connectivity index (χ3n) is 1.81. The fraction of sp³-hybridized carbons (Fsp3) is 1.00. The molecule has 0 aliphatic rings. The molecule has 74 valence electrons. The number of nitrogens with one attached hydrogen (secondary N) is 1. The fourth-order valence-electron chi connectivity index (χ4n) is 1.03. The van der Waals surface area contributed by atoms with Crippen LogP contribution in [-0.4, -0.2) is 12.5 Å². The minimum atomic E-state index is -2.36. The molecule has 0 rings (SSSR count). The van der Waals surface area contributed by atoms with Crippen LogP contribution < -0.4 is 11.3 Å². The molecule has 0 aromatic heterocycles. The van der Waals surface area contributed by atoms with Crippen molar-refractivity contribution in [1.29, 1.82) is 0 Å². The van der Waals surface area contributed by atoms with E-state index in [1.54, 1.807) is 0 Å². The molecule has 0 heterocycles. The molecule has 0 aromatic rings. The standard InChI is InChI=1S/C8H18F2N2/c1-6(2)4-3-5-7(12-11)8(9)10/h6-8,12H,3-5,11H2,1-2H3. The molecule has 0 bridgehead atoms. The summed E-state index contributed by atoms with van der Waals surface area (Å²) in [4.78, 5) is 0. The van der Waals surface area contributed by atoms with Crippen molar-refractivity contribution in [3.63, 3.8) is 0 Å². The second kappa shape index (κ2) is 6.31. The van der Waals surface area contributed by atoms with E-state index < -0.39 is 12.5 Å². The highest BCUT2D eigenvalue weighted by Gasteiger charge is 2.17. The molecule has 12 heavy (non-hydrogen) atoms. The van der Waals surface area contributed by atoms with Gasteiger partial charge in [-0.1, -0.05) is 26.7 Å². The molecule has 4 heteroatoms. The minimum absolute atomic E-state index is 0.451. The maximum absolute atomic E-state index is 12.1. The molecule has 3 N–H and O–H groups in total. The van der Waals surface area contributed by atoms with Crippen molar-refractivity contribution in [3.05, 3.63) is 0 Å². The number of hydrogen-bond donors (Lipinski definition) is 2. The van der Waals surface area contributed by atoms with Crippen LogP contribution in [0.4, 0.5) is 8.78 Å². The first kappa shape index (κ1) is 11.8. The molecule has 0 aliphatic heterocycles. The minimum Gasteiger partial charge on any atom is -0.271 e. The summed E-state index contributed by atoms with van der Waals surface area (Å²) < 4.78 is 24.2. The van der Waals surface area contributed by atoms with E-state index in [1.807, 2.05) is 0 Å². The quantitative estimate of drug-likeness (QED) is 0.484.